The van der Waals surface area contributed by atoms with Gasteiger partial charge >= 0.3 is 0 Å². The number of hydrogen-bond acceptors (Lipinski definition) is 4. The Bertz CT molecular complexity index is 1140. The number of aliphatic hydroxyl groups excluding tert-OH is 1. The highest BCUT2D eigenvalue weighted by Gasteiger charge is 2.49. The number of carbonyl (C=O) groups is 2. The second kappa shape index (κ2) is 9.53. The highest BCUT2D eigenvalue weighted by molar-refractivity contribution is 6.01. The van der Waals surface area contributed by atoms with Crippen LogP contribution in [0.3, 0.4) is 0 Å². The normalized spacial score (nSPS) is 22.1. The number of carbonyl (C=O) groups excluding carboxylic acids is 2. The molecule has 0 saturated heterocycles. The van der Waals surface area contributed by atoms with Crippen LogP contribution in [0.1, 0.15) is 68.2 Å². The Morgan fingerprint density at radius 1 is 0.882 bits per heavy atom. The molecule has 2 aliphatic carbocycles. The third kappa shape index (κ3) is 4.06. The number of hydrogen-bond donors (Lipinski definition) is 2. The molecule has 34 heavy (non-hydrogen) atoms. The number of methoxy groups -OCH3 is 1. The summed E-state index contributed by atoms with van der Waals surface area (Å²) in [6, 6.07) is 23.9. The smallest absolute Gasteiger partial charge is 0.251 e. The van der Waals surface area contributed by atoms with E-state index < -0.39 is 12.1 Å². The molecule has 5 heteroatoms. The molecule has 1 amide bonds. The molecular formula is C29H29NO4. The molecule has 0 radical (unpaired) electrons. The second-order valence-electron chi connectivity index (χ2n) is 9.28. The van der Waals surface area contributed by atoms with E-state index in [0.717, 1.165) is 12.8 Å². The van der Waals surface area contributed by atoms with Gasteiger partial charge in [-0.3, -0.25) is 9.59 Å². The van der Waals surface area contributed by atoms with Crippen LogP contribution < -0.4 is 5.32 Å². The van der Waals surface area contributed by atoms with Crippen molar-refractivity contribution in [2.45, 2.75) is 36.8 Å². The first-order valence-corrected chi connectivity index (χ1v) is 11.8. The molecule has 2 N–H and O–H groups in total. The van der Waals surface area contributed by atoms with Crippen molar-refractivity contribution in [3.63, 3.8) is 0 Å². The second-order valence-corrected chi connectivity index (χ2v) is 9.28. The van der Waals surface area contributed by atoms with Gasteiger partial charge in [0.1, 0.15) is 6.10 Å². The van der Waals surface area contributed by atoms with Crippen molar-refractivity contribution in [2.75, 3.05) is 13.7 Å². The van der Waals surface area contributed by atoms with E-state index in [0.29, 0.717) is 28.5 Å². The fraction of sp³-hybridized carbons (Fsp3) is 0.310. The van der Waals surface area contributed by atoms with E-state index in [1.165, 1.54) is 18.2 Å². The summed E-state index contributed by atoms with van der Waals surface area (Å²) < 4.78 is 5.22. The summed E-state index contributed by atoms with van der Waals surface area (Å²) in [5.41, 5.74) is 4.45. The molecule has 4 atom stereocenters. The van der Waals surface area contributed by atoms with E-state index >= 15 is 0 Å². The zero-order valence-corrected chi connectivity index (χ0v) is 19.2. The highest BCUT2D eigenvalue weighted by Crippen LogP contribution is 2.57. The van der Waals surface area contributed by atoms with Crippen molar-refractivity contribution in [3.8, 4) is 0 Å². The number of ketones is 1. The first-order chi connectivity index (χ1) is 16.6. The Labute approximate surface area is 199 Å². The molecule has 0 spiro atoms. The van der Waals surface area contributed by atoms with E-state index in [2.05, 4.69) is 29.6 Å². The molecule has 0 aliphatic heterocycles. The van der Waals surface area contributed by atoms with E-state index in [-0.39, 0.29) is 24.2 Å². The molecule has 2 unspecified atom stereocenters. The number of Topliss-reactive ketones (excluding diaryl/α,β-unsaturated/α-hetero) is 1. The molecular weight excluding hydrogens is 426 g/mol. The Morgan fingerprint density at radius 3 is 2.03 bits per heavy atom. The van der Waals surface area contributed by atoms with Crippen molar-refractivity contribution in [1.82, 2.24) is 5.32 Å². The quantitative estimate of drug-likeness (QED) is 0.485. The molecule has 0 heterocycles. The lowest BCUT2D eigenvalue weighted by atomic mass is 9.87. The Hall–Kier alpha value is -3.28. The van der Waals surface area contributed by atoms with Crippen LogP contribution >= 0.6 is 0 Å². The number of amides is 1. The molecule has 1 saturated carbocycles. The molecule has 5 nitrogen and oxygen atoms in total. The number of nitrogens with one attached hydrogen (secondary N) is 1. The van der Waals surface area contributed by atoms with Crippen molar-refractivity contribution in [2.24, 2.45) is 5.92 Å². The van der Waals surface area contributed by atoms with Gasteiger partial charge in [-0.1, -0.05) is 66.7 Å². The highest BCUT2D eigenvalue weighted by atomic mass is 16.5. The maximum atomic E-state index is 13.4. The first kappa shape index (κ1) is 22.5. The summed E-state index contributed by atoms with van der Waals surface area (Å²) in [5, 5.41) is 13.6. The number of rotatable bonds is 8. The summed E-state index contributed by atoms with van der Waals surface area (Å²) in [5.74, 6) is 0.429. The van der Waals surface area contributed by atoms with Crippen LogP contribution in [0.25, 0.3) is 0 Å². The van der Waals surface area contributed by atoms with Crippen LogP contribution in [0.15, 0.2) is 78.9 Å². The fourth-order valence-corrected chi connectivity index (χ4v) is 5.75. The van der Waals surface area contributed by atoms with E-state index in [9.17, 15) is 14.7 Å². The lowest BCUT2D eigenvalue weighted by Crippen LogP contribution is -2.42. The zero-order valence-electron chi connectivity index (χ0n) is 19.2. The number of fused-ring (bicyclic) bond motifs is 5. The molecule has 0 aromatic heterocycles. The van der Waals surface area contributed by atoms with Gasteiger partial charge in [-0.15, -0.1) is 0 Å². The standard InChI is InChI=1S/C29H29NO4/c1-34-17-25(27(31)18-7-3-2-4-8-18)30-29(33)20-13-11-19(12-14-20)28(32)26-23-15-16-24(26)22-10-6-5-9-21(22)23/h2-14,23-27,31H,15-17H2,1H3,(H,30,33)/t23?,24?,25-,26?,27-/m1/s1. The third-order valence-corrected chi connectivity index (χ3v) is 7.37. The number of benzene rings is 3. The molecule has 3 aromatic carbocycles. The summed E-state index contributed by atoms with van der Waals surface area (Å²) in [6.07, 6.45) is 1.22. The molecule has 3 aromatic rings. The van der Waals surface area contributed by atoms with Gasteiger partial charge in [0.15, 0.2) is 5.78 Å². The predicted octanol–water partition coefficient (Wildman–Crippen LogP) is 4.64. The minimum atomic E-state index is -0.898. The number of ether oxygens (including phenoxy) is 1. The van der Waals surface area contributed by atoms with Gasteiger partial charge in [0.2, 0.25) is 0 Å². The number of aliphatic hydroxyl groups is 1. The zero-order chi connectivity index (χ0) is 23.7. The van der Waals surface area contributed by atoms with Crippen molar-refractivity contribution >= 4 is 11.7 Å². The topological polar surface area (TPSA) is 75.6 Å². The molecule has 5 rings (SSSR count). The Morgan fingerprint density at radius 2 is 1.44 bits per heavy atom. The van der Waals surface area contributed by atoms with Gasteiger partial charge in [0.05, 0.1) is 12.6 Å². The van der Waals surface area contributed by atoms with Gasteiger partial charge in [0, 0.05) is 24.2 Å². The summed E-state index contributed by atoms with van der Waals surface area (Å²) in [6.45, 7) is 0.170. The minimum Gasteiger partial charge on any atom is -0.386 e. The van der Waals surface area contributed by atoms with Crippen molar-refractivity contribution in [1.29, 1.82) is 0 Å². The van der Waals surface area contributed by atoms with Crippen LogP contribution in [0.2, 0.25) is 0 Å². The maximum Gasteiger partial charge on any atom is 0.251 e. The van der Waals surface area contributed by atoms with Crippen LogP contribution in [0, 0.1) is 5.92 Å². The van der Waals surface area contributed by atoms with Crippen molar-refractivity contribution < 1.29 is 19.4 Å². The van der Waals surface area contributed by atoms with Gasteiger partial charge in [-0.05, 0) is 53.5 Å². The lowest BCUT2D eigenvalue weighted by Gasteiger charge is -2.24. The average molecular weight is 456 g/mol. The first-order valence-electron chi connectivity index (χ1n) is 11.8. The third-order valence-electron chi connectivity index (χ3n) is 7.37. The Balaban J connectivity index is 1.28. The maximum absolute atomic E-state index is 13.4. The predicted molar refractivity (Wildman–Crippen MR) is 130 cm³/mol. The largest absolute Gasteiger partial charge is 0.386 e. The minimum absolute atomic E-state index is 0.0100. The van der Waals surface area contributed by atoms with E-state index in [1.54, 1.807) is 24.3 Å². The Kier molecular flexibility index (Phi) is 6.31. The monoisotopic (exact) mass is 455 g/mol. The molecule has 2 aliphatic rings. The van der Waals surface area contributed by atoms with Gasteiger partial charge in [-0.2, -0.15) is 0 Å². The molecule has 174 valence electrons. The van der Waals surface area contributed by atoms with Crippen LogP contribution in [-0.2, 0) is 4.74 Å². The van der Waals surface area contributed by atoms with Gasteiger partial charge < -0.3 is 15.2 Å². The molecule has 2 bridgehead atoms. The average Bonchev–Trinajstić information content (AvgIpc) is 3.46. The molecule has 1 fully saturated rings. The van der Waals surface area contributed by atoms with Crippen LogP contribution in [-0.4, -0.2) is 36.6 Å². The fourth-order valence-electron chi connectivity index (χ4n) is 5.75. The summed E-state index contributed by atoms with van der Waals surface area (Å²) in [7, 11) is 1.53. The van der Waals surface area contributed by atoms with Gasteiger partial charge in [-0.25, -0.2) is 0 Å². The summed E-state index contributed by atoms with van der Waals surface area (Å²) in [4.78, 5) is 26.3. The van der Waals surface area contributed by atoms with Crippen LogP contribution in [0.4, 0.5) is 0 Å². The van der Waals surface area contributed by atoms with Crippen molar-refractivity contribution in [3.05, 3.63) is 107 Å². The van der Waals surface area contributed by atoms with Crippen LogP contribution in [0.5, 0.6) is 0 Å². The van der Waals surface area contributed by atoms with E-state index in [1.807, 2.05) is 30.3 Å². The lowest BCUT2D eigenvalue weighted by molar-refractivity contribution is 0.0594. The van der Waals surface area contributed by atoms with E-state index in [4.69, 9.17) is 4.74 Å². The SMILES string of the molecule is COC[C@@H](NC(=O)c1ccc(C(=O)C2C3CCC2c2ccccc23)cc1)[C@H](O)c1ccccc1. The van der Waals surface area contributed by atoms with Gasteiger partial charge in [0.25, 0.3) is 5.91 Å². The summed E-state index contributed by atoms with van der Waals surface area (Å²) >= 11 is 0.